The van der Waals surface area contributed by atoms with Gasteiger partial charge in [-0.2, -0.15) is 18.2 Å². The zero-order valence-electron chi connectivity index (χ0n) is 13.6. The fourth-order valence-corrected chi connectivity index (χ4v) is 1.97. The Morgan fingerprint density at radius 2 is 1.89 bits per heavy atom. The number of pyridine rings is 2. The molecule has 6 nitrogen and oxygen atoms in total. The zero-order chi connectivity index (χ0) is 20.2. The fourth-order valence-electron chi connectivity index (χ4n) is 1.74. The minimum absolute atomic E-state index is 0.268. The van der Waals surface area contributed by atoms with Gasteiger partial charge in [0.05, 0.1) is 17.4 Å². The van der Waals surface area contributed by atoms with Crippen LogP contribution in [0.3, 0.4) is 0 Å². The van der Waals surface area contributed by atoms with Gasteiger partial charge in [0.25, 0.3) is 5.92 Å². The Bertz CT molecular complexity index is 809. The van der Waals surface area contributed by atoms with Crippen LogP contribution >= 0.6 is 15.9 Å². The van der Waals surface area contributed by atoms with Crippen LogP contribution in [0.2, 0.25) is 0 Å². The molecule has 2 aromatic heterocycles. The second kappa shape index (κ2) is 8.03. The standard InChI is InChI=1S/C15H12BrF5N4O2/c1-14(17,18)7-27-12-5-8(15(19,20)21)4-11(24-12)25-13(26)23-9-2-3-10(16)22-6-9/h2-6H,7H2,1H3,(H2,23,24,25,26). The van der Waals surface area contributed by atoms with E-state index >= 15 is 0 Å². The lowest BCUT2D eigenvalue weighted by atomic mass is 10.2. The number of carbonyl (C=O) groups is 1. The van der Waals surface area contributed by atoms with E-state index in [9.17, 15) is 26.7 Å². The Balaban J connectivity index is 2.18. The van der Waals surface area contributed by atoms with E-state index in [0.29, 0.717) is 23.7 Å². The van der Waals surface area contributed by atoms with E-state index in [-0.39, 0.29) is 5.69 Å². The Hall–Kier alpha value is -2.50. The van der Waals surface area contributed by atoms with Crippen molar-refractivity contribution in [3.05, 3.63) is 40.6 Å². The number of nitrogens with one attached hydrogen (secondary N) is 2. The number of amides is 2. The highest BCUT2D eigenvalue weighted by atomic mass is 79.9. The van der Waals surface area contributed by atoms with Crippen LogP contribution in [0.4, 0.5) is 38.3 Å². The smallest absolute Gasteiger partial charge is 0.416 e. The van der Waals surface area contributed by atoms with E-state index in [4.69, 9.17) is 0 Å². The van der Waals surface area contributed by atoms with E-state index in [0.717, 1.165) is 0 Å². The highest BCUT2D eigenvalue weighted by Crippen LogP contribution is 2.33. The number of rotatable bonds is 5. The number of ether oxygens (including phenoxy) is 1. The molecule has 0 saturated carbocycles. The molecule has 12 heteroatoms. The van der Waals surface area contributed by atoms with Gasteiger partial charge in [0.2, 0.25) is 5.88 Å². The first-order chi connectivity index (χ1) is 12.4. The van der Waals surface area contributed by atoms with Gasteiger partial charge in [0, 0.05) is 13.0 Å². The van der Waals surface area contributed by atoms with Gasteiger partial charge >= 0.3 is 12.2 Å². The maximum absolute atomic E-state index is 13.0. The van der Waals surface area contributed by atoms with Crippen molar-refractivity contribution < 1.29 is 31.5 Å². The lowest BCUT2D eigenvalue weighted by Crippen LogP contribution is -2.23. The van der Waals surface area contributed by atoms with Gasteiger partial charge in [-0.15, -0.1) is 0 Å². The highest BCUT2D eigenvalue weighted by Gasteiger charge is 2.32. The normalized spacial score (nSPS) is 11.8. The van der Waals surface area contributed by atoms with Crippen LogP contribution in [0.25, 0.3) is 0 Å². The maximum Gasteiger partial charge on any atom is 0.416 e. The van der Waals surface area contributed by atoms with Gasteiger partial charge in [0.15, 0.2) is 6.61 Å². The number of aromatic nitrogens is 2. The quantitative estimate of drug-likeness (QED) is 0.495. The summed E-state index contributed by atoms with van der Waals surface area (Å²) < 4.78 is 69.8. The van der Waals surface area contributed by atoms with Crippen molar-refractivity contribution in [3.8, 4) is 5.88 Å². The molecule has 2 aromatic rings. The molecule has 0 fully saturated rings. The molecule has 0 saturated heterocycles. The van der Waals surface area contributed by atoms with Gasteiger partial charge < -0.3 is 10.1 Å². The van der Waals surface area contributed by atoms with Crippen molar-refractivity contribution in [1.29, 1.82) is 0 Å². The summed E-state index contributed by atoms with van der Waals surface area (Å²) in [7, 11) is 0. The molecule has 2 amide bonds. The van der Waals surface area contributed by atoms with Crippen LogP contribution in [-0.4, -0.2) is 28.5 Å². The van der Waals surface area contributed by atoms with Crippen molar-refractivity contribution in [2.75, 3.05) is 17.2 Å². The number of carbonyl (C=O) groups excluding carboxylic acids is 1. The van der Waals surface area contributed by atoms with Crippen molar-refractivity contribution in [3.63, 3.8) is 0 Å². The summed E-state index contributed by atoms with van der Waals surface area (Å²) in [6, 6.07) is 3.14. The van der Waals surface area contributed by atoms with Crippen LogP contribution in [0.15, 0.2) is 35.1 Å². The minimum atomic E-state index is -4.79. The molecule has 146 valence electrons. The number of alkyl halides is 5. The van der Waals surface area contributed by atoms with E-state index in [1.807, 2.05) is 0 Å². The molecule has 0 atom stereocenters. The molecule has 0 bridgehead atoms. The first-order valence-corrected chi connectivity index (χ1v) is 8.01. The number of nitrogens with zero attached hydrogens (tertiary/aromatic N) is 2. The summed E-state index contributed by atoms with van der Waals surface area (Å²) >= 11 is 3.11. The predicted molar refractivity (Wildman–Crippen MR) is 89.9 cm³/mol. The Kier molecular flexibility index (Phi) is 6.19. The molecule has 0 aliphatic heterocycles. The van der Waals surface area contributed by atoms with Gasteiger partial charge in [-0.1, -0.05) is 0 Å². The largest absolute Gasteiger partial charge is 0.471 e. The third kappa shape index (κ3) is 6.96. The maximum atomic E-state index is 13.0. The number of halogens is 6. The summed E-state index contributed by atoms with van der Waals surface area (Å²) in [5.74, 6) is -4.50. The molecule has 0 aliphatic carbocycles. The van der Waals surface area contributed by atoms with E-state index < -0.39 is 42.0 Å². The molecular formula is C15H12BrF5N4O2. The topological polar surface area (TPSA) is 76.1 Å². The van der Waals surface area contributed by atoms with Gasteiger partial charge in [-0.25, -0.2) is 18.6 Å². The lowest BCUT2D eigenvalue weighted by molar-refractivity contribution is -0.137. The van der Waals surface area contributed by atoms with E-state index in [1.54, 1.807) is 0 Å². The summed E-state index contributed by atoms with van der Waals surface area (Å²) in [5.41, 5.74) is -0.947. The average Bonchev–Trinajstić information content (AvgIpc) is 2.53. The van der Waals surface area contributed by atoms with Crippen molar-refractivity contribution >= 4 is 33.5 Å². The Labute approximate surface area is 158 Å². The van der Waals surface area contributed by atoms with E-state index in [1.165, 1.54) is 18.3 Å². The average molecular weight is 455 g/mol. The molecule has 2 heterocycles. The number of anilines is 2. The number of urea groups is 1. The lowest BCUT2D eigenvalue weighted by Gasteiger charge is -2.15. The van der Waals surface area contributed by atoms with Crippen LogP contribution < -0.4 is 15.4 Å². The van der Waals surface area contributed by atoms with Crippen LogP contribution in [0, 0.1) is 0 Å². The molecule has 0 unspecified atom stereocenters. The predicted octanol–water partition coefficient (Wildman–Crippen LogP) is 4.94. The minimum Gasteiger partial charge on any atom is -0.471 e. The molecule has 27 heavy (non-hydrogen) atoms. The van der Waals surface area contributed by atoms with Crippen molar-refractivity contribution in [2.24, 2.45) is 0 Å². The first-order valence-electron chi connectivity index (χ1n) is 7.22. The number of hydrogen-bond donors (Lipinski definition) is 2. The van der Waals surface area contributed by atoms with Crippen molar-refractivity contribution in [1.82, 2.24) is 9.97 Å². The number of hydrogen-bond acceptors (Lipinski definition) is 4. The van der Waals surface area contributed by atoms with Gasteiger partial charge in [-0.05, 0) is 34.1 Å². The third-order valence-corrected chi connectivity index (χ3v) is 3.30. The summed E-state index contributed by atoms with van der Waals surface area (Å²) in [6.07, 6.45) is -3.49. The second-order valence-electron chi connectivity index (χ2n) is 5.38. The molecule has 0 aliphatic rings. The third-order valence-electron chi connectivity index (χ3n) is 2.83. The van der Waals surface area contributed by atoms with Crippen LogP contribution in [-0.2, 0) is 6.18 Å². The summed E-state index contributed by atoms with van der Waals surface area (Å²) in [6.45, 7) is -0.628. The molecule has 0 spiro atoms. The Morgan fingerprint density at radius 1 is 1.19 bits per heavy atom. The highest BCUT2D eigenvalue weighted by molar-refractivity contribution is 9.10. The molecule has 0 radical (unpaired) electrons. The van der Waals surface area contributed by atoms with Gasteiger partial charge in [0.1, 0.15) is 10.4 Å². The summed E-state index contributed by atoms with van der Waals surface area (Å²) in [4.78, 5) is 19.4. The molecular weight excluding hydrogens is 443 g/mol. The van der Waals surface area contributed by atoms with Crippen LogP contribution in [0.1, 0.15) is 12.5 Å². The molecule has 0 aromatic carbocycles. The summed E-state index contributed by atoms with van der Waals surface area (Å²) in [5, 5.41) is 4.42. The SMILES string of the molecule is CC(F)(F)COc1cc(C(F)(F)F)cc(NC(=O)Nc2ccc(Br)nc2)n1. The zero-order valence-corrected chi connectivity index (χ0v) is 15.2. The monoisotopic (exact) mass is 454 g/mol. The van der Waals surface area contributed by atoms with E-state index in [2.05, 4.69) is 41.3 Å². The fraction of sp³-hybridized carbons (Fsp3) is 0.267. The second-order valence-corrected chi connectivity index (χ2v) is 6.20. The van der Waals surface area contributed by atoms with Crippen LogP contribution in [0.5, 0.6) is 5.88 Å². The van der Waals surface area contributed by atoms with Gasteiger partial charge in [-0.3, -0.25) is 5.32 Å². The molecule has 2 rings (SSSR count). The van der Waals surface area contributed by atoms with Crippen molar-refractivity contribution in [2.45, 2.75) is 19.0 Å². The molecule has 2 N–H and O–H groups in total. The first kappa shape index (κ1) is 20.8. The Morgan fingerprint density at radius 3 is 2.44 bits per heavy atom.